The molecule has 4 saturated heterocycles. The molecule has 1 spiro atoms. The molecule has 1 unspecified atom stereocenters. The van der Waals surface area contributed by atoms with Gasteiger partial charge in [-0.15, -0.1) is 11.3 Å². The van der Waals surface area contributed by atoms with E-state index in [1.807, 2.05) is 7.05 Å². The van der Waals surface area contributed by atoms with Gasteiger partial charge >= 0.3 is 6.01 Å². The van der Waals surface area contributed by atoms with E-state index in [9.17, 15) is 9.65 Å². The van der Waals surface area contributed by atoms with Crippen molar-refractivity contribution in [2.75, 3.05) is 68.6 Å². The van der Waals surface area contributed by atoms with E-state index in [1.54, 1.807) is 11.3 Å². The van der Waals surface area contributed by atoms with Crippen LogP contribution in [0.4, 0.5) is 21.3 Å². The SMILES string of the molecule is CN(c1nc(OC[C@@]23CCCN2C[C@H](F)C3)nc(N2CC3(CCc4sc(N)c(C#N)c43)C2)n1)C1CCOC1. The van der Waals surface area contributed by atoms with Crippen LogP contribution in [0.3, 0.4) is 0 Å². The monoisotopic (exact) mass is 540 g/mol. The molecule has 4 aliphatic heterocycles. The number of halogens is 1. The van der Waals surface area contributed by atoms with Crippen molar-refractivity contribution in [2.45, 2.75) is 61.7 Å². The van der Waals surface area contributed by atoms with Gasteiger partial charge in [-0.3, -0.25) is 4.90 Å². The Balaban J connectivity index is 1.16. The summed E-state index contributed by atoms with van der Waals surface area (Å²) in [6.45, 7) is 4.58. The van der Waals surface area contributed by atoms with E-state index in [-0.39, 0.29) is 23.0 Å². The lowest BCUT2D eigenvalue weighted by Crippen LogP contribution is -2.59. The molecule has 3 atom stereocenters. The zero-order chi connectivity index (χ0) is 26.1. The third-order valence-corrected chi connectivity index (χ3v) is 10.4. The second kappa shape index (κ2) is 8.89. The summed E-state index contributed by atoms with van der Waals surface area (Å²) in [7, 11) is 1.98. The molecule has 38 heavy (non-hydrogen) atoms. The number of hydrogen-bond acceptors (Lipinski definition) is 11. The average molecular weight is 541 g/mol. The number of nitriles is 1. The Morgan fingerprint density at radius 2 is 2.18 bits per heavy atom. The lowest BCUT2D eigenvalue weighted by atomic mass is 9.74. The minimum atomic E-state index is -0.810. The molecule has 0 saturated carbocycles. The third kappa shape index (κ3) is 3.73. The maximum atomic E-state index is 14.3. The number of hydrogen-bond donors (Lipinski definition) is 1. The molecule has 2 aromatic heterocycles. The van der Waals surface area contributed by atoms with Crippen LogP contribution in [0.5, 0.6) is 6.01 Å². The molecular formula is C26H33FN8O2S. The second-order valence-corrected chi connectivity index (χ2v) is 12.7. The van der Waals surface area contributed by atoms with Crippen molar-refractivity contribution in [3.63, 3.8) is 0 Å². The summed E-state index contributed by atoms with van der Waals surface area (Å²) >= 11 is 1.55. The molecule has 10 nitrogen and oxygen atoms in total. The number of alkyl halides is 1. The van der Waals surface area contributed by atoms with Crippen LogP contribution in [0.25, 0.3) is 0 Å². The Bertz CT molecular complexity index is 1290. The number of rotatable bonds is 6. The minimum absolute atomic E-state index is 0.0865. The van der Waals surface area contributed by atoms with Gasteiger partial charge in [0.1, 0.15) is 23.8 Å². The molecule has 0 bridgehead atoms. The Labute approximate surface area is 225 Å². The summed E-state index contributed by atoms with van der Waals surface area (Å²) < 4.78 is 26.2. The van der Waals surface area contributed by atoms with Gasteiger partial charge in [0.05, 0.1) is 23.8 Å². The van der Waals surface area contributed by atoms with Gasteiger partial charge in [-0.05, 0) is 44.2 Å². The lowest BCUT2D eigenvalue weighted by molar-refractivity contribution is 0.107. The molecule has 0 aromatic carbocycles. The molecule has 2 aromatic rings. The topological polar surface area (TPSA) is 117 Å². The predicted octanol–water partition coefficient (Wildman–Crippen LogP) is 2.27. The summed E-state index contributed by atoms with van der Waals surface area (Å²) in [6, 6.07) is 2.81. The van der Waals surface area contributed by atoms with Crippen LogP contribution >= 0.6 is 11.3 Å². The Hall–Kier alpha value is -2.75. The zero-order valence-corrected chi connectivity index (χ0v) is 22.5. The first-order chi connectivity index (χ1) is 18.4. The lowest BCUT2D eigenvalue weighted by Gasteiger charge is -2.48. The molecule has 0 radical (unpaired) electrons. The maximum absolute atomic E-state index is 14.3. The summed E-state index contributed by atoms with van der Waals surface area (Å²) in [5.41, 5.74) is 7.58. The highest BCUT2D eigenvalue weighted by Gasteiger charge is 2.52. The van der Waals surface area contributed by atoms with Crippen molar-refractivity contribution >= 4 is 28.2 Å². The fourth-order valence-electron chi connectivity index (χ4n) is 7.30. The number of nitrogen functional groups attached to an aromatic ring is 1. The highest BCUT2D eigenvalue weighted by Crippen LogP contribution is 2.52. The average Bonchev–Trinajstić information content (AvgIpc) is 3.68. The van der Waals surface area contributed by atoms with Gasteiger partial charge in [-0.2, -0.15) is 20.2 Å². The summed E-state index contributed by atoms with van der Waals surface area (Å²) in [6.07, 6.45) is 4.55. The highest BCUT2D eigenvalue weighted by molar-refractivity contribution is 7.16. The number of anilines is 3. The molecule has 12 heteroatoms. The van der Waals surface area contributed by atoms with E-state index >= 15 is 0 Å². The van der Waals surface area contributed by atoms with Gasteiger partial charge in [-0.25, -0.2) is 4.39 Å². The van der Waals surface area contributed by atoms with Gasteiger partial charge in [0.25, 0.3) is 0 Å². The third-order valence-electron chi connectivity index (χ3n) is 9.34. The van der Waals surface area contributed by atoms with Crippen LogP contribution in [0.15, 0.2) is 0 Å². The minimum Gasteiger partial charge on any atom is -0.461 e. The zero-order valence-electron chi connectivity index (χ0n) is 21.7. The fourth-order valence-corrected chi connectivity index (χ4v) is 8.44. The van der Waals surface area contributed by atoms with Crippen molar-refractivity contribution in [2.24, 2.45) is 0 Å². The number of aromatic nitrogens is 3. The molecule has 6 heterocycles. The van der Waals surface area contributed by atoms with Gasteiger partial charge in [0.15, 0.2) is 0 Å². The van der Waals surface area contributed by atoms with Crippen molar-refractivity contribution in [1.29, 1.82) is 5.26 Å². The molecule has 202 valence electrons. The van der Waals surface area contributed by atoms with E-state index in [0.717, 1.165) is 63.9 Å². The first kappa shape index (κ1) is 24.3. The molecule has 4 fully saturated rings. The summed E-state index contributed by atoms with van der Waals surface area (Å²) in [5.74, 6) is 1.13. The van der Waals surface area contributed by atoms with Gasteiger partial charge in [-0.1, -0.05) is 0 Å². The smallest absolute Gasteiger partial charge is 0.323 e. The van der Waals surface area contributed by atoms with Gasteiger partial charge in [0.2, 0.25) is 11.9 Å². The predicted molar refractivity (Wildman–Crippen MR) is 142 cm³/mol. The molecule has 0 amide bonds. The van der Waals surface area contributed by atoms with Crippen molar-refractivity contribution in [1.82, 2.24) is 19.9 Å². The van der Waals surface area contributed by atoms with E-state index in [4.69, 9.17) is 30.2 Å². The number of ether oxygens (including phenoxy) is 2. The Kier molecular flexibility index (Phi) is 5.69. The number of fused-ring (bicyclic) bond motifs is 3. The number of thiophene rings is 1. The van der Waals surface area contributed by atoms with Crippen molar-refractivity contribution in [3.05, 3.63) is 16.0 Å². The standard InChI is InChI=1S/C26H33FN8O2S/c1-33(17-4-8-36-12-17)22-30-23(32-24(31-22)37-15-26-5-2-7-35(26)11-16(27)9-26)34-13-25(14-34)6-3-19-20(25)18(10-28)21(29)38-19/h16-17H,2-9,11-15,29H2,1H3/t16-,17?,26+/m1/s1. The molecular weight excluding hydrogens is 507 g/mol. The van der Waals surface area contributed by atoms with Crippen LogP contribution in [-0.4, -0.2) is 90.7 Å². The fraction of sp³-hybridized carbons (Fsp3) is 0.692. The van der Waals surface area contributed by atoms with E-state index < -0.39 is 6.17 Å². The number of aryl methyl sites for hydroxylation is 1. The molecule has 7 rings (SSSR count). The van der Waals surface area contributed by atoms with Crippen LogP contribution in [0.2, 0.25) is 0 Å². The molecule has 2 N–H and O–H groups in total. The number of likely N-dealkylation sites (N-methyl/N-ethyl adjacent to an activating group) is 1. The normalized spacial score (nSPS) is 29.3. The number of nitrogens with two attached hydrogens (primary N) is 1. The summed E-state index contributed by atoms with van der Waals surface area (Å²) in [4.78, 5) is 22.0. The Morgan fingerprint density at radius 3 is 2.97 bits per heavy atom. The first-order valence-corrected chi connectivity index (χ1v) is 14.4. The van der Waals surface area contributed by atoms with Crippen LogP contribution in [0, 0.1) is 11.3 Å². The number of nitrogens with zero attached hydrogens (tertiary/aromatic N) is 7. The van der Waals surface area contributed by atoms with E-state index in [1.165, 1.54) is 4.88 Å². The van der Waals surface area contributed by atoms with Crippen molar-refractivity contribution < 1.29 is 13.9 Å². The van der Waals surface area contributed by atoms with Gasteiger partial charge < -0.3 is 25.0 Å². The maximum Gasteiger partial charge on any atom is 0.323 e. The quantitative estimate of drug-likeness (QED) is 0.585. The Morgan fingerprint density at radius 1 is 1.32 bits per heavy atom. The molecule has 5 aliphatic rings. The van der Waals surface area contributed by atoms with E-state index in [2.05, 4.69) is 20.8 Å². The molecule has 1 aliphatic carbocycles. The highest BCUT2D eigenvalue weighted by atomic mass is 32.1. The van der Waals surface area contributed by atoms with E-state index in [0.29, 0.717) is 48.6 Å². The first-order valence-electron chi connectivity index (χ1n) is 13.5. The second-order valence-electron chi connectivity index (χ2n) is 11.6. The largest absolute Gasteiger partial charge is 0.461 e. The van der Waals surface area contributed by atoms with Crippen molar-refractivity contribution in [3.8, 4) is 12.1 Å². The van der Waals surface area contributed by atoms with Crippen LogP contribution < -0.4 is 20.3 Å². The van der Waals surface area contributed by atoms with Crippen LogP contribution in [-0.2, 0) is 16.6 Å². The van der Waals surface area contributed by atoms with Crippen LogP contribution in [0.1, 0.15) is 48.1 Å². The summed E-state index contributed by atoms with van der Waals surface area (Å²) in [5, 5.41) is 10.4. The van der Waals surface area contributed by atoms with Gasteiger partial charge in [0, 0.05) is 50.0 Å².